The molecule has 0 saturated heterocycles. The minimum atomic E-state index is 0.675. The molecule has 2 rings (SSSR count). The maximum atomic E-state index is 5.93. The standard InChI is InChI=1S/C8H4BrClN2/c9-6-4-11-3-5-7(10)1-2-12-8(5)6/h1-4H. The van der Waals surface area contributed by atoms with Gasteiger partial charge in [0.05, 0.1) is 15.0 Å². The first-order valence-corrected chi connectivity index (χ1v) is 4.50. The predicted molar refractivity (Wildman–Crippen MR) is 52.2 cm³/mol. The predicted octanol–water partition coefficient (Wildman–Crippen LogP) is 3.05. The van der Waals surface area contributed by atoms with Crippen molar-refractivity contribution in [1.82, 2.24) is 9.97 Å². The van der Waals surface area contributed by atoms with Gasteiger partial charge in [-0.1, -0.05) is 11.6 Å². The lowest BCUT2D eigenvalue weighted by Crippen LogP contribution is -1.82. The SMILES string of the molecule is Clc1ccnc2c(Br)cncc12. The highest BCUT2D eigenvalue weighted by molar-refractivity contribution is 9.10. The van der Waals surface area contributed by atoms with E-state index in [1.54, 1.807) is 24.7 Å². The number of halogens is 2. The molecule has 0 atom stereocenters. The second-order valence-corrected chi connectivity index (χ2v) is 3.57. The Kier molecular flexibility index (Phi) is 1.98. The molecule has 0 aromatic carbocycles. The Hall–Kier alpha value is -0.670. The first-order chi connectivity index (χ1) is 5.79. The zero-order chi connectivity index (χ0) is 8.55. The van der Waals surface area contributed by atoms with Crippen molar-refractivity contribution in [1.29, 1.82) is 0 Å². The fourth-order valence-corrected chi connectivity index (χ4v) is 1.63. The number of nitrogens with zero attached hydrogens (tertiary/aromatic N) is 2. The van der Waals surface area contributed by atoms with E-state index >= 15 is 0 Å². The second-order valence-electron chi connectivity index (χ2n) is 2.31. The first-order valence-electron chi connectivity index (χ1n) is 3.33. The van der Waals surface area contributed by atoms with Gasteiger partial charge in [-0.05, 0) is 22.0 Å². The maximum Gasteiger partial charge on any atom is 0.0890 e. The Morgan fingerprint density at radius 3 is 2.92 bits per heavy atom. The van der Waals surface area contributed by atoms with E-state index in [0.29, 0.717) is 5.02 Å². The van der Waals surface area contributed by atoms with E-state index < -0.39 is 0 Å². The molecule has 0 unspecified atom stereocenters. The van der Waals surface area contributed by atoms with E-state index in [0.717, 1.165) is 15.4 Å². The second kappa shape index (κ2) is 2.99. The van der Waals surface area contributed by atoms with Crippen molar-refractivity contribution >= 4 is 38.4 Å². The van der Waals surface area contributed by atoms with Gasteiger partial charge in [0.2, 0.25) is 0 Å². The van der Waals surface area contributed by atoms with Gasteiger partial charge in [-0.3, -0.25) is 9.97 Å². The number of fused-ring (bicyclic) bond motifs is 1. The van der Waals surface area contributed by atoms with Crippen LogP contribution < -0.4 is 0 Å². The van der Waals surface area contributed by atoms with Crippen LogP contribution in [0.25, 0.3) is 10.9 Å². The average molecular weight is 243 g/mol. The minimum Gasteiger partial charge on any atom is -0.263 e. The molecule has 0 aliphatic rings. The molecule has 4 heteroatoms. The van der Waals surface area contributed by atoms with Crippen LogP contribution in [0, 0.1) is 0 Å². The first kappa shape index (κ1) is 7.95. The summed E-state index contributed by atoms with van der Waals surface area (Å²) < 4.78 is 0.863. The molecule has 12 heavy (non-hydrogen) atoms. The van der Waals surface area contributed by atoms with Gasteiger partial charge < -0.3 is 0 Å². The Labute approximate surface area is 82.7 Å². The fourth-order valence-electron chi connectivity index (χ4n) is 1.00. The minimum absolute atomic E-state index is 0.675. The van der Waals surface area contributed by atoms with E-state index in [9.17, 15) is 0 Å². The molecule has 0 spiro atoms. The molecule has 2 heterocycles. The molecule has 0 fully saturated rings. The Balaban J connectivity index is 2.94. The highest BCUT2D eigenvalue weighted by Gasteiger charge is 2.02. The van der Waals surface area contributed by atoms with Crippen molar-refractivity contribution in [2.24, 2.45) is 0 Å². The van der Waals surface area contributed by atoms with Gasteiger partial charge in [0, 0.05) is 24.0 Å². The Morgan fingerprint density at radius 2 is 2.17 bits per heavy atom. The van der Waals surface area contributed by atoms with Crippen molar-refractivity contribution in [2.75, 3.05) is 0 Å². The topological polar surface area (TPSA) is 25.8 Å². The number of pyridine rings is 2. The molecule has 0 aliphatic carbocycles. The summed E-state index contributed by atoms with van der Waals surface area (Å²) in [5.41, 5.74) is 0.845. The van der Waals surface area contributed by atoms with E-state index in [4.69, 9.17) is 11.6 Å². The molecular weight excluding hydrogens is 239 g/mol. The molecule has 0 N–H and O–H groups in total. The van der Waals surface area contributed by atoms with Crippen molar-refractivity contribution in [3.8, 4) is 0 Å². The van der Waals surface area contributed by atoms with Crippen LogP contribution in [0.3, 0.4) is 0 Å². The van der Waals surface area contributed by atoms with Crippen LogP contribution in [-0.2, 0) is 0 Å². The lowest BCUT2D eigenvalue weighted by Gasteiger charge is -1.99. The average Bonchev–Trinajstić information content (AvgIpc) is 2.07. The van der Waals surface area contributed by atoms with Crippen LogP contribution in [0.1, 0.15) is 0 Å². The maximum absolute atomic E-state index is 5.93. The quantitative estimate of drug-likeness (QED) is 0.711. The Morgan fingerprint density at radius 1 is 1.33 bits per heavy atom. The van der Waals surface area contributed by atoms with Crippen molar-refractivity contribution in [3.05, 3.63) is 34.2 Å². The summed E-state index contributed by atoms with van der Waals surface area (Å²) in [6, 6.07) is 1.75. The molecule has 0 amide bonds. The van der Waals surface area contributed by atoms with Crippen molar-refractivity contribution in [3.63, 3.8) is 0 Å². The molecule has 0 bridgehead atoms. The molecule has 60 valence electrons. The summed E-state index contributed by atoms with van der Waals surface area (Å²) in [6.45, 7) is 0. The van der Waals surface area contributed by atoms with Crippen LogP contribution in [0.5, 0.6) is 0 Å². The van der Waals surface area contributed by atoms with Crippen LogP contribution in [0.2, 0.25) is 5.02 Å². The highest BCUT2D eigenvalue weighted by atomic mass is 79.9. The van der Waals surface area contributed by atoms with E-state index in [-0.39, 0.29) is 0 Å². The molecule has 2 nitrogen and oxygen atoms in total. The van der Waals surface area contributed by atoms with Gasteiger partial charge in [0.15, 0.2) is 0 Å². The summed E-state index contributed by atoms with van der Waals surface area (Å²) in [5.74, 6) is 0. The van der Waals surface area contributed by atoms with Gasteiger partial charge in [-0.25, -0.2) is 0 Å². The summed E-state index contributed by atoms with van der Waals surface area (Å²) in [7, 11) is 0. The van der Waals surface area contributed by atoms with Crippen LogP contribution in [0.4, 0.5) is 0 Å². The van der Waals surface area contributed by atoms with Crippen LogP contribution >= 0.6 is 27.5 Å². The third kappa shape index (κ3) is 1.19. The van der Waals surface area contributed by atoms with Crippen LogP contribution in [0.15, 0.2) is 29.1 Å². The molecule has 0 radical (unpaired) electrons. The zero-order valence-corrected chi connectivity index (χ0v) is 8.30. The van der Waals surface area contributed by atoms with Gasteiger partial charge in [-0.2, -0.15) is 0 Å². The van der Waals surface area contributed by atoms with Gasteiger partial charge in [-0.15, -0.1) is 0 Å². The van der Waals surface area contributed by atoms with Crippen molar-refractivity contribution in [2.45, 2.75) is 0 Å². The number of aromatic nitrogens is 2. The monoisotopic (exact) mass is 242 g/mol. The number of hydrogen-bond donors (Lipinski definition) is 0. The Bertz CT molecular complexity index is 389. The van der Waals surface area contributed by atoms with Gasteiger partial charge in [0.1, 0.15) is 0 Å². The van der Waals surface area contributed by atoms with E-state index in [2.05, 4.69) is 25.9 Å². The molecule has 0 saturated carbocycles. The molecule has 2 aromatic heterocycles. The normalized spacial score (nSPS) is 10.5. The number of hydrogen-bond acceptors (Lipinski definition) is 2. The summed E-state index contributed by atoms with van der Waals surface area (Å²) in [6.07, 6.45) is 5.08. The third-order valence-corrected chi connectivity index (χ3v) is 2.46. The van der Waals surface area contributed by atoms with Crippen LogP contribution in [-0.4, -0.2) is 9.97 Å². The van der Waals surface area contributed by atoms with E-state index in [1.807, 2.05) is 0 Å². The zero-order valence-electron chi connectivity index (χ0n) is 5.96. The van der Waals surface area contributed by atoms with Gasteiger partial charge >= 0.3 is 0 Å². The van der Waals surface area contributed by atoms with Crippen molar-refractivity contribution < 1.29 is 0 Å². The summed E-state index contributed by atoms with van der Waals surface area (Å²) in [5, 5.41) is 1.54. The van der Waals surface area contributed by atoms with E-state index in [1.165, 1.54) is 0 Å². The summed E-state index contributed by atoms with van der Waals surface area (Å²) in [4.78, 5) is 8.17. The third-order valence-electron chi connectivity index (χ3n) is 1.55. The summed E-state index contributed by atoms with van der Waals surface area (Å²) >= 11 is 9.28. The highest BCUT2D eigenvalue weighted by Crippen LogP contribution is 2.25. The fraction of sp³-hybridized carbons (Fsp3) is 0. The lowest BCUT2D eigenvalue weighted by molar-refractivity contribution is 1.31. The smallest absolute Gasteiger partial charge is 0.0890 e. The molecule has 0 aliphatic heterocycles. The largest absolute Gasteiger partial charge is 0.263 e. The van der Waals surface area contributed by atoms with Gasteiger partial charge in [0.25, 0.3) is 0 Å². The molecular formula is C8H4BrClN2. The lowest BCUT2D eigenvalue weighted by atomic mass is 10.3. The molecule has 2 aromatic rings. The number of rotatable bonds is 0.